The summed E-state index contributed by atoms with van der Waals surface area (Å²) < 4.78 is 2.29. The van der Waals surface area contributed by atoms with Gasteiger partial charge >= 0.3 is 0 Å². The first-order valence-corrected chi connectivity index (χ1v) is 18.7. The molecule has 3 heteroatoms. The van der Waals surface area contributed by atoms with Crippen molar-refractivity contribution in [3.8, 4) is 50.7 Å². The van der Waals surface area contributed by atoms with Gasteiger partial charge in [0.2, 0.25) is 0 Å². The van der Waals surface area contributed by atoms with Gasteiger partial charge in [0.05, 0.1) is 16.7 Å². The summed E-state index contributed by atoms with van der Waals surface area (Å²) in [4.78, 5) is 10.6. The maximum atomic E-state index is 5.31. The molecule has 0 atom stereocenters. The van der Waals surface area contributed by atoms with Gasteiger partial charge in [-0.2, -0.15) is 0 Å². The van der Waals surface area contributed by atoms with Gasteiger partial charge in [-0.25, -0.2) is 9.97 Å². The van der Waals surface area contributed by atoms with E-state index in [1.165, 1.54) is 60.3 Å². The fourth-order valence-corrected chi connectivity index (χ4v) is 9.03. The van der Waals surface area contributed by atoms with Crippen molar-refractivity contribution in [2.24, 2.45) is 0 Å². The molecule has 0 saturated heterocycles. The first-order chi connectivity index (χ1) is 26.5. The molecule has 2 heterocycles. The highest BCUT2D eigenvalue weighted by Crippen LogP contribution is 2.54. The molecule has 2 aromatic heterocycles. The van der Waals surface area contributed by atoms with Crippen LogP contribution in [0, 0.1) is 0 Å². The van der Waals surface area contributed by atoms with Crippen LogP contribution in [-0.2, 0) is 5.41 Å². The van der Waals surface area contributed by atoms with Gasteiger partial charge in [-0.1, -0.05) is 159 Å². The van der Waals surface area contributed by atoms with Crippen LogP contribution in [0.3, 0.4) is 0 Å². The zero-order valence-corrected chi connectivity index (χ0v) is 30.1. The quantitative estimate of drug-likeness (QED) is 0.184. The SMILES string of the molecule is CC1(C)c2cc3ccccc3cc2-c2c(-c3ccc(-c4cc(-n5c6ccccc6c6ccccc65)nc(-c5ccccc5)n4)c4ccccc34)cccc21. The Morgan fingerprint density at radius 1 is 0.426 bits per heavy atom. The Morgan fingerprint density at radius 3 is 1.74 bits per heavy atom. The molecule has 254 valence electrons. The van der Waals surface area contributed by atoms with Crippen molar-refractivity contribution in [3.05, 3.63) is 187 Å². The molecule has 0 bridgehead atoms. The summed E-state index contributed by atoms with van der Waals surface area (Å²) in [5.41, 5.74) is 13.0. The molecule has 11 rings (SSSR count). The number of hydrogen-bond acceptors (Lipinski definition) is 2. The van der Waals surface area contributed by atoms with Gasteiger partial charge in [-0.15, -0.1) is 0 Å². The highest BCUT2D eigenvalue weighted by molar-refractivity contribution is 6.10. The van der Waals surface area contributed by atoms with Crippen LogP contribution in [0.25, 0.3) is 94.1 Å². The van der Waals surface area contributed by atoms with Gasteiger partial charge in [0.1, 0.15) is 5.82 Å². The van der Waals surface area contributed by atoms with Crippen molar-refractivity contribution >= 4 is 43.4 Å². The number of fused-ring (bicyclic) bond motifs is 8. The largest absolute Gasteiger partial charge is 0.294 e. The maximum Gasteiger partial charge on any atom is 0.162 e. The molecular weight excluding hydrogens is 655 g/mol. The molecule has 3 nitrogen and oxygen atoms in total. The molecular formula is C51H35N3. The van der Waals surface area contributed by atoms with E-state index in [0.29, 0.717) is 5.82 Å². The van der Waals surface area contributed by atoms with Crippen LogP contribution in [0.1, 0.15) is 25.0 Å². The Labute approximate surface area is 313 Å². The molecule has 0 fully saturated rings. The van der Waals surface area contributed by atoms with Crippen molar-refractivity contribution in [2.45, 2.75) is 19.3 Å². The first kappa shape index (κ1) is 30.8. The maximum absolute atomic E-state index is 5.31. The van der Waals surface area contributed by atoms with Crippen LogP contribution in [-0.4, -0.2) is 14.5 Å². The highest BCUT2D eigenvalue weighted by atomic mass is 15.1. The van der Waals surface area contributed by atoms with E-state index in [9.17, 15) is 0 Å². The molecule has 0 unspecified atom stereocenters. The average molecular weight is 690 g/mol. The smallest absolute Gasteiger partial charge is 0.162 e. The third-order valence-electron chi connectivity index (χ3n) is 11.6. The summed E-state index contributed by atoms with van der Waals surface area (Å²) in [6, 6.07) is 63.5. The Morgan fingerprint density at radius 2 is 1.02 bits per heavy atom. The Balaban J connectivity index is 1.15. The third-order valence-corrected chi connectivity index (χ3v) is 11.6. The van der Waals surface area contributed by atoms with Crippen LogP contribution in [0.15, 0.2) is 176 Å². The minimum Gasteiger partial charge on any atom is -0.294 e. The Hall–Kier alpha value is -6.84. The Kier molecular flexibility index (Phi) is 6.60. The van der Waals surface area contributed by atoms with Crippen LogP contribution in [0.5, 0.6) is 0 Å². The van der Waals surface area contributed by atoms with E-state index < -0.39 is 0 Å². The van der Waals surface area contributed by atoms with Crippen molar-refractivity contribution in [3.63, 3.8) is 0 Å². The van der Waals surface area contributed by atoms with E-state index in [1.807, 2.05) is 6.07 Å². The lowest BCUT2D eigenvalue weighted by molar-refractivity contribution is 0.661. The summed E-state index contributed by atoms with van der Waals surface area (Å²) in [5, 5.41) is 7.33. The minimum atomic E-state index is -0.113. The number of para-hydroxylation sites is 2. The van der Waals surface area contributed by atoms with Crippen molar-refractivity contribution in [2.75, 3.05) is 0 Å². The highest BCUT2D eigenvalue weighted by Gasteiger charge is 2.37. The van der Waals surface area contributed by atoms with Crippen molar-refractivity contribution in [1.29, 1.82) is 0 Å². The van der Waals surface area contributed by atoms with E-state index in [0.717, 1.165) is 39.1 Å². The van der Waals surface area contributed by atoms with Gasteiger partial charge in [0, 0.05) is 33.4 Å². The fourth-order valence-electron chi connectivity index (χ4n) is 9.03. The number of rotatable bonds is 4. The number of benzene rings is 8. The Bertz CT molecular complexity index is 3080. The lowest BCUT2D eigenvalue weighted by atomic mass is 9.81. The fraction of sp³-hybridized carbons (Fsp3) is 0.0588. The predicted octanol–water partition coefficient (Wildman–Crippen LogP) is 13.2. The molecule has 0 saturated carbocycles. The molecule has 0 aliphatic heterocycles. The molecule has 0 spiro atoms. The van der Waals surface area contributed by atoms with E-state index >= 15 is 0 Å². The van der Waals surface area contributed by atoms with Crippen LogP contribution in [0.4, 0.5) is 0 Å². The molecule has 54 heavy (non-hydrogen) atoms. The summed E-state index contributed by atoms with van der Waals surface area (Å²) >= 11 is 0. The summed E-state index contributed by atoms with van der Waals surface area (Å²) in [6.45, 7) is 4.73. The zero-order valence-electron chi connectivity index (χ0n) is 30.1. The monoisotopic (exact) mass is 689 g/mol. The molecule has 1 aliphatic carbocycles. The van der Waals surface area contributed by atoms with Gasteiger partial charge in [0.25, 0.3) is 0 Å². The van der Waals surface area contributed by atoms with Gasteiger partial charge in [-0.3, -0.25) is 4.57 Å². The summed E-state index contributed by atoms with van der Waals surface area (Å²) in [6.07, 6.45) is 0. The van der Waals surface area contributed by atoms with Crippen molar-refractivity contribution < 1.29 is 0 Å². The van der Waals surface area contributed by atoms with Crippen LogP contribution in [0.2, 0.25) is 0 Å². The van der Waals surface area contributed by atoms with E-state index in [2.05, 4.69) is 188 Å². The van der Waals surface area contributed by atoms with E-state index in [-0.39, 0.29) is 5.41 Å². The van der Waals surface area contributed by atoms with E-state index in [4.69, 9.17) is 9.97 Å². The topological polar surface area (TPSA) is 30.7 Å². The molecule has 0 amide bonds. The molecule has 8 aromatic carbocycles. The second kappa shape index (κ2) is 11.6. The number of nitrogens with zero attached hydrogens (tertiary/aromatic N) is 3. The number of aromatic nitrogens is 3. The zero-order chi connectivity index (χ0) is 36.0. The molecule has 1 aliphatic rings. The molecule has 0 radical (unpaired) electrons. The van der Waals surface area contributed by atoms with Crippen molar-refractivity contribution in [1.82, 2.24) is 14.5 Å². The summed E-state index contributed by atoms with van der Waals surface area (Å²) in [7, 11) is 0. The first-order valence-electron chi connectivity index (χ1n) is 18.7. The average Bonchev–Trinajstić information content (AvgIpc) is 3.68. The lowest BCUT2D eigenvalue weighted by Gasteiger charge is -2.22. The third kappa shape index (κ3) is 4.48. The second-order valence-corrected chi connectivity index (χ2v) is 15.0. The van der Waals surface area contributed by atoms with E-state index in [1.54, 1.807) is 0 Å². The lowest BCUT2D eigenvalue weighted by Crippen LogP contribution is -2.14. The van der Waals surface area contributed by atoms with Crippen LogP contribution < -0.4 is 0 Å². The normalized spacial score (nSPS) is 13.1. The second-order valence-electron chi connectivity index (χ2n) is 15.0. The molecule has 0 N–H and O–H groups in total. The summed E-state index contributed by atoms with van der Waals surface area (Å²) in [5.74, 6) is 1.54. The van der Waals surface area contributed by atoms with Gasteiger partial charge in [0.15, 0.2) is 5.82 Å². The predicted molar refractivity (Wildman–Crippen MR) is 225 cm³/mol. The minimum absolute atomic E-state index is 0.113. The van der Waals surface area contributed by atoms with Crippen LogP contribution >= 0.6 is 0 Å². The van der Waals surface area contributed by atoms with Gasteiger partial charge < -0.3 is 0 Å². The molecule has 10 aromatic rings. The standard InChI is InChI=1S/C51H35N3/c1-51(2)43-24-14-23-41(49(43)42-29-33-17-6-7-18-34(33)30-44(42)51)37-27-28-38(36-20-9-8-19-35(36)37)45-31-48(53-50(52-45)32-15-4-3-5-16-32)54-46-25-12-10-21-39(46)40-22-11-13-26-47(40)54/h3-31H,1-2H3. The number of hydrogen-bond donors (Lipinski definition) is 0. The van der Waals surface area contributed by atoms with Gasteiger partial charge in [-0.05, 0) is 79.2 Å².